The zero-order valence-electron chi connectivity index (χ0n) is 7.29. The molecule has 4 heteroatoms. The Hall–Kier alpha value is -0.740. The monoisotopic (exact) mass is 160 g/mol. The van der Waals surface area contributed by atoms with Gasteiger partial charge in [0.2, 0.25) is 0 Å². The smallest absolute Gasteiger partial charge is 0.178 e. The van der Waals surface area contributed by atoms with Crippen LogP contribution in [0.25, 0.3) is 0 Å². The number of ether oxygens (including phenoxy) is 1. The largest absolute Gasteiger partial charge is 0.483 e. The van der Waals surface area contributed by atoms with Crippen LogP contribution in [0.4, 0.5) is 0 Å². The molecule has 0 spiro atoms. The summed E-state index contributed by atoms with van der Waals surface area (Å²) in [5.41, 5.74) is 0. The number of aliphatic hydroxyl groups excluding tert-OH is 1. The van der Waals surface area contributed by atoms with Gasteiger partial charge >= 0.3 is 0 Å². The molecule has 66 valence electrons. The van der Waals surface area contributed by atoms with Gasteiger partial charge in [-0.25, -0.2) is 0 Å². The van der Waals surface area contributed by atoms with Crippen LogP contribution >= 0.6 is 0 Å². The number of nitrogens with one attached hydrogen (secondary N) is 1. The molecule has 0 bridgehead atoms. The second-order valence-corrected chi connectivity index (χ2v) is 2.45. The summed E-state index contributed by atoms with van der Waals surface area (Å²) in [6.07, 6.45) is -0.512. The van der Waals surface area contributed by atoms with Crippen LogP contribution in [-0.4, -0.2) is 44.0 Å². The molecule has 0 rings (SSSR count). The van der Waals surface area contributed by atoms with Gasteiger partial charge < -0.3 is 15.2 Å². The third kappa shape index (κ3) is 4.64. The van der Waals surface area contributed by atoms with E-state index in [1.807, 2.05) is 0 Å². The zero-order chi connectivity index (χ0) is 8.85. The topological polar surface area (TPSA) is 44.7 Å². The number of hydrogen-bond acceptors (Lipinski definition) is 4. The summed E-state index contributed by atoms with van der Waals surface area (Å²) < 4.78 is 4.75. The van der Waals surface area contributed by atoms with E-state index < -0.39 is 6.23 Å². The molecular formula is C7H16N2O2. The van der Waals surface area contributed by atoms with E-state index in [-0.39, 0.29) is 0 Å². The van der Waals surface area contributed by atoms with Crippen molar-refractivity contribution in [1.82, 2.24) is 10.2 Å². The summed E-state index contributed by atoms with van der Waals surface area (Å²) >= 11 is 0. The standard InChI is InChI=1S/C7H16N2O2/c1-6(11-4)8-5-7(10)9(2)3/h7-8,10H,1,5H2,2-4H3. The minimum absolute atomic E-state index is 0.416. The van der Waals surface area contributed by atoms with Crippen molar-refractivity contribution in [2.24, 2.45) is 0 Å². The van der Waals surface area contributed by atoms with Gasteiger partial charge in [0.1, 0.15) is 6.23 Å². The molecule has 0 aliphatic carbocycles. The molecule has 11 heavy (non-hydrogen) atoms. The van der Waals surface area contributed by atoms with Crippen molar-refractivity contribution in [1.29, 1.82) is 0 Å². The Kier molecular flexibility index (Phi) is 4.65. The van der Waals surface area contributed by atoms with Crippen LogP contribution in [0.1, 0.15) is 0 Å². The van der Waals surface area contributed by atoms with Crippen LogP contribution in [0, 0.1) is 0 Å². The lowest BCUT2D eigenvalue weighted by Gasteiger charge is -2.19. The van der Waals surface area contributed by atoms with Crippen molar-refractivity contribution < 1.29 is 9.84 Å². The van der Waals surface area contributed by atoms with Crippen molar-refractivity contribution in [2.45, 2.75) is 6.23 Å². The van der Waals surface area contributed by atoms with E-state index in [9.17, 15) is 5.11 Å². The number of nitrogens with zero attached hydrogens (tertiary/aromatic N) is 1. The molecule has 0 aliphatic rings. The van der Waals surface area contributed by atoms with E-state index in [4.69, 9.17) is 4.74 Å². The van der Waals surface area contributed by atoms with Crippen LogP contribution in [0.5, 0.6) is 0 Å². The van der Waals surface area contributed by atoms with Gasteiger partial charge in [-0.2, -0.15) is 0 Å². The van der Waals surface area contributed by atoms with E-state index >= 15 is 0 Å². The first-order valence-electron chi connectivity index (χ1n) is 3.39. The lowest BCUT2D eigenvalue weighted by molar-refractivity contribution is 0.0393. The van der Waals surface area contributed by atoms with Gasteiger partial charge in [-0.05, 0) is 20.7 Å². The molecule has 0 aromatic rings. The molecule has 0 amide bonds. The summed E-state index contributed by atoms with van der Waals surface area (Å²) in [6.45, 7) is 3.96. The Labute approximate surface area is 67.5 Å². The molecule has 0 fully saturated rings. The molecule has 0 saturated carbocycles. The fraction of sp³-hybridized carbons (Fsp3) is 0.714. The summed E-state index contributed by atoms with van der Waals surface area (Å²) in [5.74, 6) is 0.464. The molecular weight excluding hydrogens is 144 g/mol. The van der Waals surface area contributed by atoms with Gasteiger partial charge in [0.05, 0.1) is 13.7 Å². The summed E-state index contributed by atoms with van der Waals surface area (Å²) in [4.78, 5) is 1.69. The van der Waals surface area contributed by atoms with E-state index in [1.54, 1.807) is 19.0 Å². The molecule has 0 aliphatic heterocycles. The Balaban J connectivity index is 3.45. The number of hydrogen-bond donors (Lipinski definition) is 2. The third-order valence-electron chi connectivity index (χ3n) is 1.32. The molecule has 0 radical (unpaired) electrons. The fourth-order valence-electron chi connectivity index (χ4n) is 0.460. The SMILES string of the molecule is C=C(NCC(O)N(C)C)OC. The van der Waals surface area contributed by atoms with Gasteiger partial charge in [0.15, 0.2) is 5.88 Å². The highest BCUT2D eigenvalue weighted by molar-refractivity contribution is 4.78. The first-order valence-corrected chi connectivity index (χ1v) is 3.39. The Bertz CT molecular complexity index is 126. The van der Waals surface area contributed by atoms with Crippen molar-refractivity contribution in [2.75, 3.05) is 27.7 Å². The molecule has 1 atom stereocenters. The Morgan fingerprint density at radius 1 is 1.73 bits per heavy atom. The van der Waals surface area contributed by atoms with E-state index in [0.29, 0.717) is 12.4 Å². The van der Waals surface area contributed by atoms with Crippen LogP contribution in [0.3, 0.4) is 0 Å². The van der Waals surface area contributed by atoms with E-state index in [0.717, 1.165) is 0 Å². The number of likely N-dealkylation sites (N-methyl/N-ethyl adjacent to an activating group) is 1. The van der Waals surface area contributed by atoms with Gasteiger partial charge in [0.25, 0.3) is 0 Å². The minimum Gasteiger partial charge on any atom is -0.483 e. The molecule has 0 saturated heterocycles. The highest BCUT2D eigenvalue weighted by Crippen LogP contribution is 1.88. The Morgan fingerprint density at radius 2 is 2.27 bits per heavy atom. The van der Waals surface area contributed by atoms with Crippen molar-refractivity contribution in [3.05, 3.63) is 12.5 Å². The highest BCUT2D eigenvalue weighted by atomic mass is 16.5. The number of rotatable bonds is 5. The summed E-state index contributed by atoms with van der Waals surface area (Å²) in [5, 5.41) is 12.0. The van der Waals surface area contributed by atoms with Crippen LogP contribution in [0.15, 0.2) is 12.5 Å². The molecule has 0 heterocycles. The van der Waals surface area contributed by atoms with Crippen molar-refractivity contribution >= 4 is 0 Å². The molecule has 4 nitrogen and oxygen atoms in total. The van der Waals surface area contributed by atoms with Gasteiger partial charge in [-0.15, -0.1) is 0 Å². The van der Waals surface area contributed by atoms with Crippen LogP contribution in [-0.2, 0) is 4.74 Å². The molecule has 1 unspecified atom stereocenters. The second-order valence-electron chi connectivity index (χ2n) is 2.45. The van der Waals surface area contributed by atoms with Crippen molar-refractivity contribution in [3.63, 3.8) is 0 Å². The second kappa shape index (κ2) is 4.98. The number of methoxy groups -OCH3 is 1. The van der Waals surface area contributed by atoms with Gasteiger partial charge in [-0.3, -0.25) is 4.90 Å². The maximum absolute atomic E-state index is 9.24. The maximum atomic E-state index is 9.24. The lowest BCUT2D eigenvalue weighted by atomic mass is 10.5. The maximum Gasteiger partial charge on any atom is 0.178 e. The average Bonchev–Trinajstić information content (AvgIpc) is 1.99. The average molecular weight is 160 g/mol. The van der Waals surface area contributed by atoms with Crippen LogP contribution in [0.2, 0.25) is 0 Å². The van der Waals surface area contributed by atoms with Crippen molar-refractivity contribution in [3.8, 4) is 0 Å². The predicted octanol–water partition coefficient (Wildman–Crippen LogP) is -0.426. The fourth-order valence-corrected chi connectivity index (χ4v) is 0.460. The predicted molar refractivity (Wildman–Crippen MR) is 43.8 cm³/mol. The zero-order valence-corrected chi connectivity index (χ0v) is 7.29. The highest BCUT2D eigenvalue weighted by Gasteiger charge is 2.04. The lowest BCUT2D eigenvalue weighted by Crippen LogP contribution is -2.37. The van der Waals surface area contributed by atoms with E-state index in [2.05, 4.69) is 11.9 Å². The van der Waals surface area contributed by atoms with Crippen LogP contribution < -0.4 is 5.32 Å². The first-order chi connectivity index (χ1) is 5.07. The summed E-state index contributed by atoms with van der Waals surface area (Å²) in [6, 6.07) is 0. The third-order valence-corrected chi connectivity index (χ3v) is 1.32. The quantitative estimate of drug-likeness (QED) is 0.423. The van der Waals surface area contributed by atoms with E-state index in [1.165, 1.54) is 7.11 Å². The number of aliphatic hydroxyl groups is 1. The Morgan fingerprint density at radius 3 is 2.64 bits per heavy atom. The normalized spacial score (nSPS) is 12.8. The minimum atomic E-state index is -0.512. The van der Waals surface area contributed by atoms with Gasteiger partial charge in [0, 0.05) is 0 Å². The van der Waals surface area contributed by atoms with Gasteiger partial charge in [-0.1, -0.05) is 0 Å². The first kappa shape index (κ1) is 10.3. The molecule has 0 aromatic heterocycles. The molecule has 2 N–H and O–H groups in total. The molecule has 0 aromatic carbocycles. The summed E-state index contributed by atoms with van der Waals surface area (Å²) in [7, 11) is 5.11.